The van der Waals surface area contributed by atoms with Gasteiger partial charge in [-0.1, -0.05) is 24.3 Å². The zero-order valence-electron chi connectivity index (χ0n) is 18.5. The van der Waals surface area contributed by atoms with Crippen LogP contribution in [0.4, 0.5) is 0 Å². The van der Waals surface area contributed by atoms with Crippen LogP contribution in [0.2, 0.25) is 0 Å². The Morgan fingerprint density at radius 1 is 1.28 bits per heavy atom. The molecule has 0 saturated carbocycles. The molecule has 1 heterocycles. The van der Waals surface area contributed by atoms with Gasteiger partial charge in [-0.2, -0.15) is 0 Å². The van der Waals surface area contributed by atoms with Crippen molar-refractivity contribution in [3.8, 4) is 0 Å². The largest absolute Gasteiger partial charge is 0.469 e. The van der Waals surface area contributed by atoms with E-state index in [9.17, 15) is 4.79 Å². The van der Waals surface area contributed by atoms with Gasteiger partial charge in [-0.15, -0.1) is 24.0 Å². The molecule has 0 aliphatic carbocycles. The van der Waals surface area contributed by atoms with Gasteiger partial charge in [-0.05, 0) is 51.8 Å². The molecule has 29 heavy (non-hydrogen) atoms. The molecule has 1 N–H and O–H groups in total. The highest BCUT2D eigenvalue weighted by atomic mass is 127. The van der Waals surface area contributed by atoms with Crippen LogP contribution in [0.3, 0.4) is 0 Å². The first-order valence-electron chi connectivity index (χ1n) is 10.3. The van der Waals surface area contributed by atoms with Crippen molar-refractivity contribution in [3.63, 3.8) is 0 Å². The fourth-order valence-electron chi connectivity index (χ4n) is 3.40. The van der Waals surface area contributed by atoms with Crippen LogP contribution >= 0.6 is 24.0 Å². The number of ether oxygens (including phenoxy) is 1. The molecule has 7 heteroatoms. The lowest BCUT2D eigenvalue weighted by Crippen LogP contribution is -2.46. The van der Waals surface area contributed by atoms with Gasteiger partial charge in [0.25, 0.3) is 0 Å². The fraction of sp³-hybridized carbons (Fsp3) is 0.636. The van der Waals surface area contributed by atoms with Crippen molar-refractivity contribution in [2.24, 2.45) is 10.9 Å². The van der Waals surface area contributed by atoms with E-state index in [-0.39, 0.29) is 35.9 Å². The molecule has 0 radical (unpaired) electrons. The van der Waals surface area contributed by atoms with Crippen LogP contribution in [0.1, 0.15) is 44.7 Å². The Morgan fingerprint density at radius 3 is 2.45 bits per heavy atom. The number of benzene rings is 1. The van der Waals surface area contributed by atoms with Crippen molar-refractivity contribution in [3.05, 3.63) is 35.4 Å². The van der Waals surface area contributed by atoms with E-state index >= 15 is 0 Å². The van der Waals surface area contributed by atoms with Crippen LogP contribution in [0.25, 0.3) is 0 Å². The molecule has 0 spiro atoms. The third kappa shape index (κ3) is 7.77. The molecule has 0 bridgehead atoms. The van der Waals surface area contributed by atoms with Crippen LogP contribution in [0, 0.1) is 5.92 Å². The van der Waals surface area contributed by atoms with Gasteiger partial charge in [0.1, 0.15) is 0 Å². The minimum absolute atomic E-state index is 0. The summed E-state index contributed by atoms with van der Waals surface area (Å²) in [5, 5.41) is 3.41. The molecule has 1 aliphatic rings. The Hall–Kier alpha value is -1.35. The normalized spacial score (nSPS) is 15.4. The summed E-state index contributed by atoms with van der Waals surface area (Å²) in [7, 11) is 3.62. The number of likely N-dealkylation sites (tertiary alicyclic amines) is 1. The molecule has 1 aromatic rings. The van der Waals surface area contributed by atoms with Crippen molar-refractivity contribution in [2.45, 2.75) is 52.7 Å². The summed E-state index contributed by atoms with van der Waals surface area (Å²) in [5.41, 5.74) is 2.58. The lowest BCUT2D eigenvalue weighted by atomic mass is 9.97. The molecule has 0 atom stereocenters. The molecule has 0 unspecified atom stereocenters. The molecule has 1 fully saturated rings. The average molecular weight is 516 g/mol. The number of esters is 1. The zero-order valence-corrected chi connectivity index (χ0v) is 20.8. The van der Waals surface area contributed by atoms with Gasteiger partial charge in [-0.25, -0.2) is 4.99 Å². The maximum atomic E-state index is 11.8. The summed E-state index contributed by atoms with van der Waals surface area (Å²) in [6.45, 7) is 10.6. The Bertz CT molecular complexity index is 658. The van der Waals surface area contributed by atoms with E-state index in [0.29, 0.717) is 12.6 Å². The topological polar surface area (TPSA) is 57.2 Å². The van der Waals surface area contributed by atoms with Crippen LogP contribution in [0.5, 0.6) is 0 Å². The van der Waals surface area contributed by atoms with Crippen molar-refractivity contribution < 1.29 is 9.53 Å². The third-order valence-corrected chi connectivity index (χ3v) is 5.48. The van der Waals surface area contributed by atoms with Crippen molar-refractivity contribution in [1.82, 2.24) is 15.1 Å². The van der Waals surface area contributed by atoms with Crippen LogP contribution < -0.4 is 5.32 Å². The van der Waals surface area contributed by atoms with E-state index in [1.165, 1.54) is 18.2 Å². The van der Waals surface area contributed by atoms with Gasteiger partial charge < -0.3 is 15.0 Å². The standard InChI is InChI=1S/C22H36N4O2.HI/c1-6-23-22(26-13-11-18(12-14-26)21(27)28-5)24-15-19-9-7-8-10-20(19)16-25(4)17(2)3;/h7-10,17-18H,6,11-16H2,1-5H3,(H,23,24);1H. The number of nitrogens with one attached hydrogen (secondary N) is 1. The first-order chi connectivity index (χ1) is 13.5. The van der Waals surface area contributed by atoms with Gasteiger partial charge in [0.15, 0.2) is 5.96 Å². The Morgan fingerprint density at radius 2 is 1.90 bits per heavy atom. The summed E-state index contributed by atoms with van der Waals surface area (Å²) in [5.74, 6) is 0.846. The number of aliphatic imine (C=N–C) groups is 1. The first-order valence-corrected chi connectivity index (χ1v) is 10.3. The van der Waals surface area contributed by atoms with Crippen LogP contribution in [-0.2, 0) is 22.6 Å². The summed E-state index contributed by atoms with van der Waals surface area (Å²) in [6.07, 6.45) is 1.62. The number of nitrogens with zero attached hydrogens (tertiary/aromatic N) is 3. The minimum atomic E-state index is -0.0928. The van der Waals surface area contributed by atoms with Gasteiger partial charge in [0.2, 0.25) is 0 Å². The molecule has 0 aromatic heterocycles. The third-order valence-electron chi connectivity index (χ3n) is 5.48. The van der Waals surface area contributed by atoms with E-state index < -0.39 is 0 Å². The second-order valence-corrected chi connectivity index (χ2v) is 7.73. The van der Waals surface area contributed by atoms with E-state index in [4.69, 9.17) is 9.73 Å². The molecular weight excluding hydrogens is 479 g/mol. The Balaban J connectivity index is 0.00000420. The summed E-state index contributed by atoms with van der Waals surface area (Å²) in [6, 6.07) is 9.04. The molecule has 164 valence electrons. The lowest BCUT2D eigenvalue weighted by Gasteiger charge is -2.33. The molecule has 6 nitrogen and oxygen atoms in total. The van der Waals surface area contributed by atoms with Gasteiger partial charge in [0, 0.05) is 32.2 Å². The number of guanidine groups is 1. The van der Waals surface area contributed by atoms with Gasteiger partial charge in [-0.3, -0.25) is 9.69 Å². The molecule has 0 amide bonds. The van der Waals surface area contributed by atoms with Gasteiger partial charge >= 0.3 is 5.97 Å². The number of halogens is 1. The SMILES string of the molecule is CCNC(=NCc1ccccc1CN(C)C(C)C)N1CCC(C(=O)OC)CC1.I. The van der Waals surface area contributed by atoms with Crippen molar-refractivity contribution in [1.29, 1.82) is 0 Å². The Kier molecular flexibility index (Phi) is 11.6. The molecule has 1 aliphatic heterocycles. The molecule has 1 saturated heterocycles. The highest BCUT2D eigenvalue weighted by Gasteiger charge is 2.27. The summed E-state index contributed by atoms with van der Waals surface area (Å²) >= 11 is 0. The van der Waals surface area contributed by atoms with Crippen LogP contribution in [-0.4, -0.2) is 61.6 Å². The smallest absolute Gasteiger partial charge is 0.308 e. The quantitative estimate of drug-likeness (QED) is 0.260. The van der Waals surface area contributed by atoms with E-state index in [0.717, 1.165) is 45.0 Å². The maximum absolute atomic E-state index is 11.8. The van der Waals surface area contributed by atoms with Gasteiger partial charge in [0.05, 0.1) is 19.6 Å². The monoisotopic (exact) mass is 516 g/mol. The highest BCUT2D eigenvalue weighted by molar-refractivity contribution is 14.0. The van der Waals surface area contributed by atoms with E-state index in [2.05, 4.69) is 67.2 Å². The number of carbonyl (C=O) groups is 1. The zero-order chi connectivity index (χ0) is 20.5. The van der Waals surface area contributed by atoms with Crippen molar-refractivity contribution in [2.75, 3.05) is 33.8 Å². The summed E-state index contributed by atoms with van der Waals surface area (Å²) in [4.78, 5) is 21.3. The predicted octanol–water partition coefficient (Wildman–Crippen LogP) is 3.50. The van der Waals surface area contributed by atoms with E-state index in [1.807, 2.05) is 0 Å². The number of piperidine rings is 1. The highest BCUT2D eigenvalue weighted by Crippen LogP contribution is 2.19. The number of hydrogen-bond donors (Lipinski definition) is 1. The van der Waals surface area contributed by atoms with Crippen molar-refractivity contribution >= 4 is 35.9 Å². The molecule has 1 aromatic carbocycles. The average Bonchev–Trinajstić information content (AvgIpc) is 2.71. The molecule has 2 rings (SSSR count). The maximum Gasteiger partial charge on any atom is 0.308 e. The van der Waals surface area contributed by atoms with Crippen LogP contribution in [0.15, 0.2) is 29.3 Å². The number of methoxy groups -OCH3 is 1. The first kappa shape index (κ1) is 25.7. The second kappa shape index (κ2) is 13.1. The Labute approximate surface area is 193 Å². The number of rotatable bonds is 7. The molecular formula is C22H37IN4O2. The number of carbonyl (C=O) groups excluding carboxylic acids is 1. The fourth-order valence-corrected chi connectivity index (χ4v) is 3.40. The van der Waals surface area contributed by atoms with E-state index in [1.54, 1.807) is 0 Å². The lowest BCUT2D eigenvalue weighted by molar-refractivity contribution is -0.146. The number of hydrogen-bond acceptors (Lipinski definition) is 4. The summed E-state index contributed by atoms with van der Waals surface area (Å²) < 4.78 is 4.89. The predicted molar refractivity (Wildman–Crippen MR) is 130 cm³/mol. The minimum Gasteiger partial charge on any atom is -0.469 e. The second-order valence-electron chi connectivity index (χ2n) is 7.73.